The highest BCUT2D eigenvalue weighted by Crippen LogP contribution is 2.43. The van der Waals surface area contributed by atoms with E-state index in [1.54, 1.807) is 11.3 Å². The molecule has 0 aliphatic rings. The Labute approximate surface area is 195 Å². The highest BCUT2D eigenvalue weighted by molar-refractivity contribution is 7.19. The first kappa shape index (κ1) is 21.0. The molecule has 3 heterocycles. The van der Waals surface area contributed by atoms with E-state index in [1.165, 1.54) is 11.2 Å². The number of aromatic nitrogens is 3. The van der Waals surface area contributed by atoms with Gasteiger partial charge in [-0.3, -0.25) is 4.98 Å². The number of pyridine rings is 1. The third-order valence-electron chi connectivity index (χ3n) is 5.71. The molecule has 0 radical (unpaired) electrons. The predicted octanol–water partition coefficient (Wildman–Crippen LogP) is 5.58. The summed E-state index contributed by atoms with van der Waals surface area (Å²) in [4.78, 5) is 27.6. The number of carboxylic acids is 1. The molecule has 1 atom stereocenters. The number of aliphatic carboxylic acids is 1. The summed E-state index contributed by atoms with van der Waals surface area (Å²) in [5.41, 5.74) is 2.97. The Balaban J connectivity index is 1.66. The Hall–Kier alpha value is -3.84. The molecule has 6 nitrogen and oxygen atoms in total. The molecule has 0 aliphatic heterocycles. The second-order valence-corrected chi connectivity index (χ2v) is 8.87. The summed E-state index contributed by atoms with van der Waals surface area (Å²) in [6, 6.07) is 16.9. The van der Waals surface area contributed by atoms with Crippen molar-refractivity contribution in [2.45, 2.75) is 25.8 Å². The standard InChI is InChI=1S/C26H22N4O2S/c1-2-21-22(19-14-27-13-17-10-6-7-11-18(17)19)23-24(28-15-29-25(23)33-21)30-20(26(31)32)12-16-8-4-3-5-9-16/h3-11,13-15,20H,2,12H2,1H3,(H,31,32)(H,28,29,30)/t20-/m1/s1. The minimum Gasteiger partial charge on any atom is -0.480 e. The zero-order valence-electron chi connectivity index (χ0n) is 18.0. The van der Waals surface area contributed by atoms with Crippen molar-refractivity contribution >= 4 is 44.1 Å². The fourth-order valence-corrected chi connectivity index (χ4v) is 5.25. The van der Waals surface area contributed by atoms with Crippen LogP contribution in [0, 0.1) is 0 Å². The fraction of sp³-hybridized carbons (Fsp3) is 0.154. The molecule has 5 aromatic rings. The molecule has 0 fully saturated rings. The van der Waals surface area contributed by atoms with Crippen molar-refractivity contribution in [3.05, 3.63) is 83.8 Å². The first-order valence-corrected chi connectivity index (χ1v) is 11.6. The molecule has 5 rings (SSSR count). The van der Waals surface area contributed by atoms with Gasteiger partial charge in [0, 0.05) is 40.2 Å². The third-order valence-corrected chi connectivity index (χ3v) is 6.95. The molecule has 0 amide bonds. The van der Waals surface area contributed by atoms with Crippen LogP contribution in [0.15, 0.2) is 73.3 Å². The maximum atomic E-state index is 12.1. The minimum absolute atomic E-state index is 0.345. The minimum atomic E-state index is -0.926. The number of fused-ring (bicyclic) bond motifs is 2. The van der Waals surface area contributed by atoms with Gasteiger partial charge in [0.2, 0.25) is 0 Å². The van der Waals surface area contributed by atoms with Crippen LogP contribution in [0.4, 0.5) is 5.82 Å². The van der Waals surface area contributed by atoms with Crippen LogP contribution in [0.2, 0.25) is 0 Å². The Morgan fingerprint density at radius 3 is 2.64 bits per heavy atom. The van der Waals surface area contributed by atoms with Gasteiger partial charge >= 0.3 is 5.97 Å². The average Bonchev–Trinajstić information content (AvgIpc) is 3.23. The van der Waals surface area contributed by atoms with Crippen molar-refractivity contribution < 1.29 is 9.90 Å². The van der Waals surface area contributed by atoms with Gasteiger partial charge in [0.1, 0.15) is 23.0 Å². The van der Waals surface area contributed by atoms with E-state index in [-0.39, 0.29) is 0 Å². The first-order chi connectivity index (χ1) is 16.2. The van der Waals surface area contributed by atoms with Gasteiger partial charge in [-0.2, -0.15) is 0 Å². The third kappa shape index (κ3) is 4.03. The summed E-state index contributed by atoms with van der Waals surface area (Å²) < 4.78 is 0. The van der Waals surface area contributed by atoms with E-state index in [2.05, 4.69) is 33.3 Å². The quantitative estimate of drug-likeness (QED) is 0.334. The van der Waals surface area contributed by atoms with Crippen LogP contribution in [-0.4, -0.2) is 32.1 Å². The molecule has 0 saturated heterocycles. The summed E-state index contributed by atoms with van der Waals surface area (Å²) in [5.74, 6) is -0.396. The van der Waals surface area contributed by atoms with Crippen molar-refractivity contribution in [1.29, 1.82) is 0 Å². The molecule has 0 aliphatic carbocycles. The second kappa shape index (κ2) is 8.96. The lowest BCUT2D eigenvalue weighted by molar-refractivity contribution is -0.137. The van der Waals surface area contributed by atoms with Gasteiger partial charge in [-0.1, -0.05) is 61.5 Å². The van der Waals surface area contributed by atoms with Crippen LogP contribution in [0.3, 0.4) is 0 Å². The SMILES string of the molecule is CCc1sc2ncnc(N[C@H](Cc3ccccc3)C(=O)O)c2c1-c1cncc2ccccc12. The molecule has 7 heteroatoms. The largest absolute Gasteiger partial charge is 0.480 e. The number of carbonyl (C=O) groups is 1. The van der Waals surface area contributed by atoms with Gasteiger partial charge in [-0.25, -0.2) is 14.8 Å². The lowest BCUT2D eigenvalue weighted by Crippen LogP contribution is -2.32. The highest BCUT2D eigenvalue weighted by Gasteiger charge is 2.24. The Morgan fingerprint density at radius 1 is 1.06 bits per heavy atom. The highest BCUT2D eigenvalue weighted by atomic mass is 32.1. The zero-order chi connectivity index (χ0) is 22.8. The number of thiophene rings is 1. The van der Waals surface area contributed by atoms with Gasteiger partial charge in [-0.05, 0) is 17.4 Å². The maximum Gasteiger partial charge on any atom is 0.326 e. The first-order valence-electron chi connectivity index (χ1n) is 10.8. The Bertz CT molecular complexity index is 1440. The van der Waals surface area contributed by atoms with Crippen molar-refractivity contribution in [1.82, 2.24) is 15.0 Å². The molecule has 164 valence electrons. The molecular weight excluding hydrogens is 432 g/mol. The molecule has 2 N–H and O–H groups in total. The second-order valence-electron chi connectivity index (χ2n) is 7.79. The molecule has 0 bridgehead atoms. The molecule has 0 saturated carbocycles. The smallest absolute Gasteiger partial charge is 0.326 e. The van der Waals surface area contributed by atoms with Gasteiger partial charge in [0.05, 0.1) is 5.39 Å². The van der Waals surface area contributed by atoms with Gasteiger partial charge in [0.25, 0.3) is 0 Å². The molecule has 3 aromatic heterocycles. The monoisotopic (exact) mass is 454 g/mol. The van der Waals surface area contributed by atoms with Crippen LogP contribution in [-0.2, 0) is 17.6 Å². The normalized spacial score (nSPS) is 12.2. The van der Waals surface area contributed by atoms with E-state index in [0.717, 1.165) is 44.1 Å². The van der Waals surface area contributed by atoms with Crippen molar-refractivity contribution in [2.75, 3.05) is 5.32 Å². The number of nitrogens with zero attached hydrogens (tertiary/aromatic N) is 3. The number of hydrogen-bond acceptors (Lipinski definition) is 6. The molecular formula is C26H22N4O2S. The summed E-state index contributed by atoms with van der Waals surface area (Å²) in [6.45, 7) is 2.11. The van der Waals surface area contributed by atoms with E-state index >= 15 is 0 Å². The summed E-state index contributed by atoms with van der Waals surface area (Å²) >= 11 is 1.61. The molecule has 0 unspecified atom stereocenters. The average molecular weight is 455 g/mol. The van der Waals surface area contributed by atoms with E-state index in [1.807, 2.05) is 60.9 Å². The van der Waals surface area contributed by atoms with Crippen molar-refractivity contribution in [3.63, 3.8) is 0 Å². The fourth-order valence-electron chi connectivity index (χ4n) is 4.15. The van der Waals surface area contributed by atoms with Crippen LogP contribution in [0.1, 0.15) is 17.4 Å². The topological polar surface area (TPSA) is 88.0 Å². The summed E-state index contributed by atoms with van der Waals surface area (Å²) in [7, 11) is 0. The summed E-state index contributed by atoms with van der Waals surface area (Å²) in [6.07, 6.45) is 6.39. The Morgan fingerprint density at radius 2 is 1.85 bits per heavy atom. The predicted molar refractivity (Wildman–Crippen MR) is 133 cm³/mol. The number of aryl methyl sites for hydroxylation is 1. The lowest BCUT2D eigenvalue weighted by Gasteiger charge is -2.17. The summed E-state index contributed by atoms with van der Waals surface area (Å²) in [5, 5.41) is 16.1. The number of benzene rings is 2. The number of carboxylic acid groups (broad SMARTS) is 1. The number of hydrogen-bond donors (Lipinski definition) is 2. The van der Waals surface area contributed by atoms with Crippen LogP contribution < -0.4 is 5.32 Å². The molecule has 0 spiro atoms. The van der Waals surface area contributed by atoms with Crippen LogP contribution >= 0.6 is 11.3 Å². The van der Waals surface area contributed by atoms with Gasteiger partial charge < -0.3 is 10.4 Å². The van der Waals surface area contributed by atoms with E-state index < -0.39 is 12.0 Å². The van der Waals surface area contributed by atoms with Crippen molar-refractivity contribution in [3.8, 4) is 11.1 Å². The molecule has 2 aromatic carbocycles. The van der Waals surface area contributed by atoms with Crippen LogP contribution in [0.5, 0.6) is 0 Å². The van der Waals surface area contributed by atoms with E-state index in [9.17, 15) is 9.90 Å². The number of nitrogens with one attached hydrogen (secondary N) is 1. The zero-order valence-corrected chi connectivity index (χ0v) is 18.8. The Kier molecular flexibility index (Phi) is 5.71. The van der Waals surface area contributed by atoms with Crippen LogP contribution in [0.25, 0.3) is 32.1 Å². The van der Waals surface area contributed by atoms with E-state index in [4.69, 9.17) is 0 Å². The van der Waals surface area contributed by atoms with Gasteiger partial charge in [0.15, 0.2) is 0 Å². The molecule has 33 heavy (non-hydrogen) atoms. The van der Waals surface area contributed by atoms with Crippen molar-refractivity contribution in [2.24, 2.45) is 0 Å². The van der Waals surface area contributed by atoms with E-state index in [0.29, 0.717) is 12.2 Å². The van der Waals surface area contributed by atoms with Gasteiger partial charge in [-0.15, -0.1) is 11.3 Å². The lowest BCUT2D eigenvalue weighted by atomic mass is 9.98. The number of rotatable bonds is 7. The maximum absolute atomic E-state index is 12.1. The number of anilines is 1.